The van der Waals surface area contributed by atoms with Crippen LogP contribution in [0.2, 0.25) is 0 Å². The Hall–Kier alpha value is -2.26. The normalized spacial score (nSPS) is 15.4. The highest BCUT2D eigenvalue weighted by atomic mass is 32.1. The van der Waals surface area contributed by atoms with Gasteiger partial charge in [-0.15, -0.1) is 11.3 Å². The smallest absolute Gasteiger partial charge is 0.387 e. The van der Waals surface area contributed by atoms with E-state index in [9.17, 15) is 13.6 Å². The summed E-state index contributed by atoms with van der Waals surface area (Å²) in [4.78, 5) is 21.4. The van der Waals surface area contributed by atoms with E-state index in [4.69, 9.17) is 4.74 Å². The van der Waals surface area contributed by atoms with Gasteiger partial charge in [-0.25, -0.2) is 4.98 Å². The third-order valence-electron chi connectivity index (χ3n) is 5.23. The third-order valence-corrected chi connectivity index (χ3v) is 6.05. The molecule has 0 aliphatic carbocycles. The first-order chi connectivity index (χ1) is 14.4. The zero-order valence-electron chi connectivity index (χ0n) is 17.4. The number of ether oxygens (including phenoxy) is 2. The molecule has 0 bridgehead atoms. The molecule has 1 aromatic carbocycles. The second kappa shape index (κ2) is 10.2. The number of hydrogen-bond donors (Lipinski definition) is 0. The average Bonchev–Trinajstić information content (AvgIpc) is 3.13. The van der Waals surface area contributed by atoms with Crippen LogP contribution in [0, 0.1) is 12.8 Å². The molecule has 1 aromatic heterocycles. The maximum absolute atomic E-state index is 12.9. The van der Waals surface area contributed by atoms with Crippen LogP contribution in [-0.2, 0) is 17.9 Å². The molecule has 0 radical (unpaired) electrons. The summed E-state index contributed by atoms with van der Waals surface area (Å²) in [6.07, 6.45) is 1.63. The number of likely N-dealkylation sites (tertiary alicyclic amines) is 1. The Morgan fingerprint density at radius 1 is 1.33 bits per heavy atom. The second-order valence-corrected chi connectivity index (χ2v) is 8.53. The number of benzene rings is 1. The molecule has 1 aliphatic heterocycles. The van der Waals surface area contributed by atoms with Crippen molar-refractivity contribution < 1.29 is 23.0 Å². The number of nitrogens with zero attached hydrogens (tertiary/aromatic N) is 3. The topological polar surface area (TPSA) is 54.9 Å². The van der Waals surface area contributed by atoms with Gasteiger partial charge in [-0.2, -0.15) is 8.78 Å². The fourth-order valence-electron chi connectivity index (χ4n) is 3.72. The van der Waals surface area contributed by atoms with Crippen molar-refractivity contribution in [3.8, 4) is 11.5 Å². The zero-order valence-corrected chi connectivity index (χ0v) is 18.3. The number of amides is 1. The number of thiazole rings is 1. The number of carbonyl (C=O) groups excluding carboxylic acids is 1. The molecule has 0 N–H and O–H groups in total. The van der Waals surface area contributed by atoms with Crippen molar-refractivity contribution in [1.29, 1.82) is 0 Å². The number of alkyl halides is 2. The number of piperidine rings is 1. The Kier molecular flexibility index (Phi) is 7.60. The van der Waals surface area contributed by atoms with Gasteiger partial charge in [0.15, 0.2) is 11.5 Å². The number of rotatable bonds is 8. The van der Waals surface area contributed by atoms with Crippen LogP contribution in [0.25, 0.3) is 0 Å². The van der Waals surface area contributed by atoms with E-state index in [0.29, 0.717) is 6.54 Å². The molecule has 3 rings (SSSR count). The molecule has 6 nitrogen and oxygen atoms in total. The van der Waals surface area contributed by atoms with E-state index >= 15 is 0 Å². The Morgan fingerprint density at radius 2 is 2.07 bits per heavy atom. The van der Waals surface area contributed by atoms with Crippen LogP contribution in [0.4, 0.5) is 8.78 Å². The van der Waals surface area contributed by atoms with Gasteiger partial charge in [0.1, 0.15) is 0 Å². The van der Waals surface area contributed by atoms with Gasteiger partial charge in [0.2, 0.25) is 5.91 Å². The molecule has 0 spiro atoms. The number of aromatic nitrogens is 1. The first-order valence-electron chi connectivity index (χ1n) is 9.85. The maximum Gasteiger partial charge on any atom is 0.387 e. The van der Waals surface area contributed by atoms with Crippen LogP contribution in [0.15, 0.2) is 23.6 Å². The van der Waals surface area contributed by atoms with Gasteiger partial charge in [-0.1, -0.05) is 6.07 Å². The summed E-state index contributed by atoms with van der Waals surface area (Å²) < 4.78 is 34.5. The zero-order chi connectivity index (χ0) is 21.7. The molecule has 2 heterocycles. The highest BCUT2D eigenvalue weighted by Crippen LogP contribution is 2.30. The van der Waals surface area contributed by atoms with Gasteiger partial charge in [0.05, 0.1) is 17.8 Å². The van der Waals surface area contributed by atoms with Gasteiger partial charge in [-0.3, -0.25) is 9.69 Å². The predicted octanol–water partition coefficient (Wildman–Crippen LogP) is 3.93. The SMILES string of the molecule is COc1cc(CN(C)C(=O)C2CCN(Cc3csc(C)n3)CC2)ccc1OC(F)F. The predicted molar refractivity (Wildman–Crippen MR) is 111 cm³/mol. The van der Waals surface area contributed by atoms with Crippen LogP contribution in [0.3, 0.4) is 0 Å². The first-order valence-corrected chi connectivity index (χ1v) is 10.7. The summed E-state index contributed by atoms with van der Waals surface area (Å²) in [6, 6.07) is 4.74. The average molecular weight is 440 g/mol. The standard InChI is InChI=1S/C21H27F2N3O3S/c1-14-24-17(13-30-14)12-26-8-6-16(7-9-26)20(27)25(2)11-15-4-5-18(29-21(22)23)19(10-15)28-3/h4-5,10,13,16,21H,6-9,11-12H2,1-3H3. The minimum atomic E-state index is -2.92. The minimum absolute atomic E-state index is 0.00763. The highest BCUT2D eigenvalue weighted by molar-refractivity contribution is 7.09. The monoisotopic (exact) mass is 439 g/mol. The summed E-state index contributed by atoms with van der Waals surface area (Å²) in [6.45, 7) is 2.03. The summed E-state index contributed by atoms with van der Waals surface area (Å²) in [5, 5.41) is 3.16. The summed E-state index contributed by atoms with van der Waals surface area (Å²) in [5.74, 6) is 0.296. The van der Waals surface area contributed by atoms with E-state index in [2.05, 4.69) is 20.0 Å². The Morgan fingerprint density at radius 3 is 2.67 bits per heavy atom. The lowest BCUT2D eigenvalue weighted by molar-refractivity contribution is -0.136. The Bertz CT molecular complexity index is 854. The number of aryl methyl sites for hydroxylation is 1. The molecular weight excluding hydrogens is 412 g/mol. The highest BCUT2D eigenvalue weighted by Gasteiger charge is 2.27. The fraction of sp³-hybridized carbons (Fsp3) is 0.524. The molecule has 0 atom stereocenters. The molecule has 1 amide bonds. The molecule has 9 heteroatoms. The van der Waals surface area contributed by atoms with E-state index in [-0.39, 0.29) is 23.3 Å². The van der Waals surface area contributed by atoms with E-state index in [0.717, 1.165) is 48.7 Å². The molecule has 0 unspecified atom stereocenters. The molecule has 1 aliphatic rings. The lowest BCUT2D eigenvalue weighted by Gasteiger charge is -2.32. The van der Waals surface area contributed by atoms with Crippen LogP contribution in [0.5, 0.6) is 11.5 Å². The van der Waals surface area contributed by atoms with E-state index in [1.165, 1.54) is 13.2 Å². The minimum Gasteiger partial charge on any atom is -0.493 e. The second-order valence-electron chi connectivity index (χ2n) is 7.47. The molecule has 164 valence electrons. The quantitative estimate of drug-likeness (QED) is 0.624. The lowest BCUT2D eigenvalue weighted by Crippen LogP contribution is -2.40. The van der Waals surface area contributed by atoms with Crippen molar-refractivity contribution >= 4 is 17.2 Å². The van der Waals surface area contributed by atoms with Crippen molar-refractivity contribution in [2.24, 2.45) is 5.92 Å². The van der Waals surface area contributed by atoms with E-state index in [1.54, 1.807) is 35.4 Å². The molecule has 1 fully saturated rings. The number of carbonyl (C=O) groups is 1. The first kappa shape index (κ1) is 22.4. The molecular formula is C21H27F2N3O3S. The van der Waals surface area contributed by atoms with Crippen LogP contribution >= 0.6 is 11.3 Å². The van der Waals surface area contributed by atoms with Crippen LogP contribution in [0.1, 0.15) is 29.1 Å². The Balaban J connectivity index is 1.52. The number of methoxy groups -OCH3 is 1. The molecule has 30 heavy (non-hydrogen) atoms. The number of hydrogen-bond acceptors (Lipinski definition) is 6. The van der Waals surface area contributed by atoms with Crippen molar-refractivity contribution in [2.75, 3.05) is 27.2 Å². The largest absolute Gasteiger partial charge is 0.493 e. The van der Waals surface area contributed by atoms with Crippen LogP contribution in [-0.4, -0.2) is 54.5 Å². The molecule has 1 saturated heterocycles. The van der Waals surface area contributed by atoms with Gasteiger partial charge in [-0.05, 0) is 50.6 Å². The maximum atomic E-state index is 12.9. The van der Waals surface area contributed by atoms with Crippen molar-refractivity contribution in [3.63, 3.8) is 0 Å². The fourth-order valence-corrected chi connectivity index (χ4v) is 4.32. The summed E-state index contributed by atoms with van der Waals surface area (Å²) in [7, 11) is 3.16. The summed E-state index contributed by atoms with van der Waals surface area (Å²) in [5.41, 5.74) is 1.88. The van der Waals surface area contributed by atoms with Crippen molar-refractivity contribution in [1.82, 2.24) is 14.8 Å². The molecule has 2 aromatic rings. The van der Waals surface area contributed by atoms with Crippen molar-refractivity contribution in [3.05, 3.63) is 39.8 Å². The van der Waals surface area contributed by atoms with Gasteiger partial charge in [0, 0.05) is 31.4 Å². The van der Waals surface area contributed by atoms with E-state index in [1.807, 2.05) is 6.92 Å². The van der Waals surface area contributed by atoms with Gasteiger partial charge in [0.25, 0.3) is 0 Å². The third kappa shape index (κ3) is 5.89. The molecule has 0 saturated carbocycles. The van der Waals surface area contributed by atoms with Crippen molar-refractivity contribution in [2.45, 2.75) is 39.5 Å². The number of halogens is 2. The summed E-state index contributed by atoms with van der Waals surface area (Å²) >= 11 is 1.66. The van der Waals surface area contributed by atoms with Gasteiger partial charge < -0.3 is 14.4 Å². The van der Waals surface area contributed by atoms with Gasteiger partial charge >= 0.3 is 6.61 Å². The van der Waals surface area contributed by atoms with Crippen LogP contribution < -0.4 is 9.47 Å². The lowest BCUT2D eigenvalue weighted by atomic mass is 9.95. The Labute approximate surface area is 179 Å². The van der Waals surface area contributed by atoms with E-state index < -0.39 is 6.61 Å².